The van der Waals surface area contributed by atoms with Crippen molar-refractivity contribution in [3.05, 3.63) is 86.8 Å². The lowest BCUT2D eigenvalue weighted by Gasteiger charge is -2.36. The van der Waals surface area contributed by atoms with Crippen LogP contribution in [0.1, 0.15) is 61.9 Å². The molecule has 31 heavy (non-hydrogen) atoms. The van der Waals surface area contributed by atoms with E-state index in [1.54, 1.807) is 0 Å². The van der Waals surface area contributed by atoms with Gasteiger partial charge in [0, 0.05) is 17.0 Å². The van der Waals surface area contributed by atoms with Gasteiger partial charge in [0.25, 0.3) is 5.56 Å². The maximum Gasteiger partial charge on any atom is 0.275 e. The fourth-order valence-corrected chi connectivity index (χ4v) is 5.85. The fourth-order valence-electron chi connectivity index (χ4n) is 5.85. The van der Waals surface area contributed by atoms with E-state index >= 15 is 0 Å². The third-order valence-electron chi connectivity index (χ3n) is 7.95. The average molecular weight is 424 g/mol. The van der Waals surface area contributed by atoms with Gasteiger partial charge < -0.3 is 5.11 Å². The van der Waals surface area contributed by atoms with Crippen LogP contribution in [0.15, 0.2) is 47.3 Å². The Morgan fingerprint density at radius 2 is 1.74 bits per heavy atom. The van der Waals surface area contributed by atoms with E-state index in [1.807, 2.05) is 28.9 Å². The molecule has 1 fully saturated rings. The molecule has 0 amide bonds. The van der Waals surface area contributed by atoms with Crippen LogP contribution in [0.25, 0.3) is 5.69 Å². The molecule has 2 bridgehead atoms. The highest BCUT2D eigenvalue weighted by atomic mass is 19.1. The summed E-state index contributed by atoms with van der Waals surface area (Å²) in [6.07, 6.45) is 1.91. The molecule has 1 heterocycles. The van der Waals surface area contributed by atoms with Gasteiger partial charge in [0.2, 0.25) is 0 Å². The first kappa shape index (κ1) is 20.2. The normalized spacial score (nSPS) is 23.4. The zero-order valence-electron chi connectivity index (χ0n) is 18.0. The number of benzene rings is 2. The van der Waals surface area contributed by atoms with E-state index in [-0.39, 0.29) is 34.6 Å². The largest absolute Gasteiger partial charge is 0.392 e. The predicted molar refractivity (Wildman–Crippen MR) is 115 cm³/mol. The smallest absolute Gasteiger partial charge is 0.275 e. The van der Waals surface area contributed by atoms with Gasteiger partial charge in [0.1, 0.15) is 11.5 Å². The molecule has 1 saturated carbocycles. The second-order valence-corrected chi connectivity index (χ2v) is 9.65. The van der Waals surface area contributed by atoms with Crippen LogP contribution >= 0.6 is 0 Å². The summed E-state index contributed by atoms with van der Waals surface area (Å²) in [6, 6.07) is 10.9. The van der Waals surface area contributed by atoms with Crippen LogP contribution in [0.2, 0.25) is 0 Å². The first-order chi connectivity index (χ1) is 14.7. The maximum absolute atomic E-state index is 14.8. The van der Waals surface area contributed by atoms with Gasteiger partial charge in [-0.2, -0.15) is 0 Å². The Hall–Kier alpha value is -2.73. The fraction of sp³-hybridized carbons (Fsp3) is 0.400. The number of aliphatic hydroxyl groups is 1. The Morgan fingerprint density at radius 3 is 2.39 bits per heavy atom. The molecule has 5 rings (SSSR count). The van der Waals surface area contributed by atoms with Crippen molar-refractivity contribution in [2.24, 2.45) is 5.41 Å². The molecule has 0 spiro atoms. The number of nitrogens with zero attached hydrogens (tertiary/aromatic N) is 2. The Labute approximate surface area is 179 Å². The third kappa shape index (κ3) is 2.64. The lowest BCUT2D eigenvalue weighted by Crippen LogP contribution is -2.36. The Kier molecular flexibility index (Phi) is 4.32. The van der Waals surface area contributed by atoms with Gasteiger partial charge in [0.15, 0.2) is 5.82 Å². The third-order valence-corrected chi connectivity index (χ3v) is 7.95. The summed E-state index contributed by atoms with van der Waals surface area (Å²) in [5.74, 6) is -1.31. The molecule has 2 aliphatic carbocycles. The lowest BCUT2D eigenvalue weighted by molar-refractivity contribution is 0.216. The quantitative estimate of drug-likeness (QED) is 0.664. The minimum atomic E-state index is -0.757. The molecule has 6 heteroatoms. The number of rotatable bonds is 4. The number of hydrogen-bond acceptors (Lipinski definition) is 2. The molecule has 4 nitrogen and oxygen atoms in total. The minimum Gasteiger partial charge on any atom is -0.392 e. The minimum absolute atomic E-state index is 0.0430. The van der Waals surface area contributed by atoms with Crippen molar-refractivity contribution in [3.63, 3.8) is 0 Å². The highest BCUT2D eigenvalue weighted by Gasteiger charge is 2.62. The van der Waals surface area contributed by atoms with Crippen LogP contribution in [-0.2, 0) is 18.6 Å². The van der Waals surface area contributed by atoms with Gasteiger partial charge >= 0.3 is 0 Å². The molecule has 3 aromatic rings. The van der Waals surface area contributed by atoms with E-state index in [9.17, 15) is 18.7 Å². The van der Waals surface area contributed by atoms with Crippen molar-refractivity contribution in [2.75, 3.05) is 0 Å². The lowest BCUT2D eigenvalue weighted by atomic mass is 9.70. The average Bonchev–Trinajstić information content (AvgIpc) is 3.21. The molecule has 1 aromatic heterocycles. The predicted octanol–water partition coefficient (Wildman–Crippen LogP) is 4.63. The second kappa shape index (κ2) is 6.63. The highest BCUT2D eigenvalue weighted by molar-refractivity contribution is 5.48. The van der Waals surface area contributed by atoms with E-state index in [2.05, 4.69) is 20.8 Å². The molecule has 0 saturated heterocycles. The van der Waals surface area contributed by atoms with Crippen LogP contribution in [-0.4, -0.2) is 14.5 Å². The van der Waals surface area contributed by atoms with Gasteiger partial charge in [-0.05, 0) is 47.4 Å². The zero-order chi connectivity index (χ0) is 22.1. The first-order valence-electron chi connectivity index (χ1n) is 10.7. The summed E-state index contributed by atoms with van der Waals surface area (Å²) in [5.41, 5.74) is 3.05. The first-order valence-corrected chi connectivity index (χ1v) is 10.7. The van der Waals surface area contributed by atoms with Crippen molar-refractivity contribution in [3.8, 4) is 5.69 Å². The van der Waals surface area contributed by atoms with E-state index in [4.69, 9.17) is 0 Å². The molecule has 0 radical (unpaired) electrons. The summed E-state index contributed by atoms with van der Waals surface area (Å²) in [7, 11) is 0. The van der Waals surface area contributed by atoms with Crippen LogP contribution in [0.5, 0.6) is 0 Å². The summed E-state index contributed by atoms with van der Waals surface area (Å²) in [6.45, 7) is 6.97. The van der Waals surface area contributed by atoms with Crippen molar-refractivity contribution < 1.29 is 13.9 Å². The van der Waals surface area contributed by atoms with Crippen LogP contribution < -0.4 is 5.56 Å². The van der Waals surface area contributed by atoms with Crippen molar-refractivity contribution >= 4 is 0 Å². The molecule has 2 aliphatic rings. The van der Waals surface area contributed by atoms with Gasteiger partial charge in [-0.3, -0.25) is 9.48 Å². The van der Waals surface area contributed by atoms with Gasteiger partial charge in [-0.25, -0.2) is 13.5 Å². The number of aliphatic hydroxyl groups excluding tert-OH is 1. The summed E-state index contributed by atoms with van der Waals surface area (Å²) >= 11 is 0. The van der Waals surface area contributed by atoms with Crippen LogP contribution in [0.3, 0.4) is 0 Å². The standard InChI is InChI=1S/C25H26F2N2O2/c1-24(2)18-10-11-25(24,3)22-21(18)23(31)29(20-9-8-17(26)12-19(20)27)28(22)13-15-4-6-16(14-30)7-5-15/h4-9,12,18,30H,10-11,13-14H2,1-3H3/t18-,25+/m0/s1. The number of aromatic nitrogens is 2. The number of hydrogen-bond donors (Lipinski definition) is 1. The molecule has 2 atom stereocenters. The molecule has 0 unspecified atom stereocenters. The summed E-state index contributed by atoms with van der Waals surface area (Å²) in [5, 5.41) is 9.33. The maximum atomic E-state index is 14.8. The van der Waals surface area contributed by atoms with Gasteiger partial charge in [0.05, 0.1) is 18.8 Å². The van der Waals surface area contributed by atoms with Gasteiger partial charge in [-0.15, -0.1) is 0 Å². The monoisotopic (exact) mass is 424 g/mol. The number of halogens is 2. The highest BCUT2D eigenvalue weighted by Crippen LogP contribution is 2.67. The van der Waals surface area contributed by atoms with E-state index in [0.717, 1.165) is 41.3 Å². The Morgan fingerprint density at radius 1 is 1.06 bits per heavy atom. The van der Waals surface area contributed by atoms with E-state index < -0.39 is 11.6 Å². The van der Waals surface area contributed by atoms with Gasteiger partial charge in [-0.1, -0.05) is 45.0 Å². The van der Waals surface area contributed by atoms with Crippen molar-refractivity contribution in [1.29, 1.82) is 0 Å². The van der Waals surface area contributed by atoms with Crippen LogP contribution in [0, 0.1) is 17.0 Å². The Bertz CT molecular complexity index is 1240. The molecule has 162 valence electrons. The van der Waals surface area contributed by atoms with Crippen LogP contribution in [0.4, 0.5) is 8.78 Å². The molecule has 0 aliphatic heterocycles. The van der Waals surface area contributed by atoms with Crippen molar-refractivity contribution in [2.45, 2.75) is 58.1 Å². The number of fused-ring (bicyclic) bond motifs is 5. The van der Waals surface area contributed by atoms with Crippen molar-refractivity contribution in [1.82, 2.24) is 9.36 Å². The second-order valence-electron chi connectivity index (χ2n) is 9.65. The Balaban J connectivity index is 1.76. The topological polar surface area (TPSA) is 47.2 Å². The molecular formula is C25H26F2N2O2. The zero-order valence-corrected chi connectivity index (χ0v) is 18.0. The summed E-state index contributed by atoms with van der Waals surface area (Å²) in [4.78, 5) is 13.7. The van der Waals surface area contributed by atoms with E-state index in [1.165, 1.54) is 16.8 Å². The SMILES string of the molecule is CC1(C)[C@H]2CC[C@]1(C)c1c2c(=O)n(-c2ccc(F)cc2F)n1Cc1ccc(CO)cc1. The molecule has 2 aromatic carbocycles. The molecular weight excluding hydrogens is 398 g/mol. The molecule has 1 N–H and O–H groups in total. The summed E-state index contributed by atoms with van der Waals surface area (Å²) < 4.78 is 31.7. The van der Waals surface area contributed by atoms with E-state index in [0.29, 0.717) is 6.54 Å².